The van der Waals surface area contributed by atoms with Gasteiger partial charge in [-0.2, -0.15) is 13.2 Å². The third-order valence-corrected chi connectivity index (χ3v) is 6.01. The molecule has 0 atom stereocenters. The number of nitrogens with zero attached hydrogens (tertiary/aromatic N) is 2. The summed E-state index contributed by atoms with van der Waals surface area (Å²) in [6.07, 6.45) is -3.78. The molecule has 0 aliphatic carbocycles. The number of fused-ring (bicyclic) bond motifs is 1. The highest BCUT2D eigenvalue weighted by atomic mass is 19.4. The minimum atomic E-state index is -4.51. The second-order valence-electron chi connectivity index (χ2n) is 8.11. The SMILES string of the molecule is Cc1ccc(C2=C(N3CCc4ccccc43)C(=O)N(c3ccc(C(F)(F)F)cc3)C2=O)cc1. The first kappa shape index (κ1) is 21.0. The van der Waals surface area contributed by atoms with Gasteiger partial charge in [0.2, 0.25) is 0 Å². The lowest BCUT2D eigenvalue weighted by molar-refractivity contribution is -0.137. The fourth-order valence-corrected chi connectivity index (χ4v) is 4.35. The number of anilines is 2. The smallest absolute Gasteiger partial charge is 0.336 e. The molecule has 0 unspecified atom stereocenters. The summed E-state index contributed by atoms with van der Waals surface area (Å²) >= 11 is 0. The Morgan fingerprint density at radius 3 is 2.15 bits per heavy atom. The van der Waals surface area contributed by atoms with Crippen LogP contribution in [0.2, 0.25) is 0 Å². The van der Waals surface area contributed by atoms with Crippen LogP contribution in [-0.2, 0) is 22.2 Å². The van der Waals surface area contributed by atoms with Crippen molar-refractivity contribution in [1.82, 2.24) is 0 Å². The van der Waals surface area contributed by atoms with Crippen LogP contribution in [0.1, 0.15) is 22.3 Å². The molecule has 2 aliphatic heterocycles. The number of halogens is 3. The predicted molar refractivity (Wildman–Crippen MR) is 120 cm³/mol. The molecule has 2 heterocycles. The molecule has 0 N–H and O–H groups in total. The molecule has 0 radical (unpaired) electrons. The molecule has 0 saturated carbocycles. The van der Waals surface area contributed by atoms with E-state index in [1.807, 2.05) is 48.2 Å². The Bertz CT molecular complexity index is 1290. The van der Waals surface area contributed by atoms with E-state index in [0.717, 1.165) is 52.4 Å². The van der Waals surface area contributed by atoms with Crippen LogP contribution < -0.4 is 9.80 Å². The maximum atomic E-state index is 13.6. The van der Waals surface area contributed by atoms with Gasteiger partial charge in [-0.1, -0.05) is 48.0 Å². The number of amides is 2. The average Bonchev–Trinajstić information content (AvgIpc) is 3.32. The number of imide groups is 1. The second-order valence-corrected chi connectivity index (χ2v) is 8.11. The largest absolute Gasteiger partial charge is 0.416 e. The van der Waals surface area contributed by atoms with Crippen molar-refractivity contribution in [2.24, 2.45) is 0 Å². The molecule has 0 bridgehead atoms. The molecule has 7 heteroatoms. The fourth-order valence-electron chi connectivity index (χ4n) is 4.35. The highest BCUT2D eigenvalue weighted by Gasteiger charge is 2.44. The van der Waals surface area contributed by atoms with Crippen molar-refractivity contribution >= 4 is 28.8 Å². The summed E-state index contributed by atoms with van der Waals surface area (Å²) in [5.41, 5.74) is 3.27. The first-order chi connectivity index (χ1) is 15.8. The molecule has 2 aliphatic rings. The zero-order valence-corrected chi connectivity index (χ0v) is 17.7. The van der Waals surface area contributed by atoms with Crippen molar-refractivity contribution in [3.63, 3.8) is 0 Å². The van der Waals surface area contributed by atoms with Gasteiger partial charge in [0, 0.05) is 12.2 Å². The van der Waals surface area contributed by atoms with Gasteiger partial charge in [0.1, 0.15) is 5.70 Å². The summed E-state index contributed by atoms with van der Waals surface area (Å²) in [6, 6.07) is 19.0. The van der Waals surface area contributed by atoms with Gasteiger partial charge in [-0.25, -0.2) is 4.90 Å². The molecule has 33 heavy (non-hydrogen) atoms. The first-order valence-electron chi connectivity index (χ1n) is 10.5. The van der Waals surface area contributed by atoms with E-state index < -0.39 is 23.6 Å². The normalized spacial score (nSPS) is 16.1. The van der Waals surface area contributed by atoms with E-state index in [4.69, 9.17) is 0 Å². The Kier molecular flexibility index (Phi) is 4.85. The lowest BCUT2D eigenvalue weighted by Gasteiger charge is -2.22. The van der Waals surface area contributed by atoms with Gasteiger partial charge in [-0.05, 0) is 54.8 Å². The number of benzene rings is 3. The lowest BCUT2D eigenvalue weighted by Crippen LogP contribution is -2.34. The van der Waals surface area contributed by atoms with E-state index in [9.17, 15) is 22.8 Å². The van der Waals surface area contributed by atoms with Crippen molar-refractivity contribution in [3.8, 4) is 0 Å². The van der Waals surface area contributed by atoms with Crippen LogP contribution in [0.25, 0.3) is 5.57 Å². The second kappa shape index (κ2) is 7.62. The van der Waals surface area contributed by atoms with Gasteiger partial charge in [0.25, 0.3) is 11.8 Å². The van der Waals surface area contributed by atoms with Crippen LogP contribution in [0, 0.1) is 6.92 Å². The maximum absolute atomic E-state index is 13.6. The number of carbonyl (C=O) groups excluding carboxylic acids is 2. The molecule has 2 amide bonds. The summed E-state index contributed by atoms with van der Waals surface area (Å²) in [5.74, 6) is -1.10. The molecule has 3 aromatic rings. The van der Waals surface area contributed by atoms with Crippen LogP contribution in [0.15, 0.2) is 78.5 Å². The zero-order valence-electron chi connectivity index (χ0n) is 17.7. The number of alkyl halides is 3. The lowest BCUT2D eigenvalue weighted by atomic mass is 10.0. The van der Waals surface area contributed by atoms with Crippen LogP contribution in [0.3, 0.4) is 0 Å². The summed E-state index contributed by atoms with van der Waals surface area (Å²) < 4.78 is 39.0. The summed E-state index contributed by atoms with van der Waals surface area (Å²) in [6.45, 7) is 2.45. The highest BCUT2D eigenvalue weighted by Crippen LogP contribution is 2.40. The molecular formula is C26H19F3N2O2. The van der Waals surface area contributed by atoms with Crippen LogP contribution in [0.4, 0.5) is 24.5 Å². The van der Waals surface area contributed by atoms with Crippen molar-refractivity contribution in [2.75, 3.05) is 16.3 Å². The predicted octanol–water partition coefficient (Wildman–Crippen LogP) is 5.36. The number of rotatable bonds is 3. The summed E-state index contributed by atoms with van der Waals surface area (Å²) in [4.78, 5) is 30.0. The van der Waals surface area contributed by atoms with Gasteiger partial charge in [0.15, 0.2) is 0 Å². The Labute approximate surface area is 188 Å². The average molecular weight is 448 g/mol. The van der Waals surface area contributed by atoms with Gasteiger partial charge < -0.3 is 4.90 Å². The maximum Gasteiger partial charge on any atom is 0.416 e. The summed E-state index contributed by atoms with van der Waals surface area (Å²) in [5, 5.41) is 0. The number of para-hydroxylation sites is 1. The Morgan fingerprint density at radius 2 is 1.48 bits per heavy atom. The topological polar surface area (TPSA) is 40.6 Å². The van der Waals surface area contributed by atoms with Crippen molar-refractivity contribution < 1.29 is 22.8 Å². The molecule has 166 valence electrons. The summed E-state index contributed by atoms with van der Waals surface area (Å²) in [7, 11) is 0. The minimum Gasteiger partial charge on any atom is -0.336 e. The molecule has 0 fully saturated rings. The molecular weight excluding hydrogens is 429 g/mol. The van der Waals surface area contributed by atoms with Gasteiger partial charge in [-0.3, -0.25) is 9.59 Å². The van der Waals surface area contributed by atoms with Crippen molar-refractivity contribution in [2.45, 2.75) is 19.5 Å². The molecule has 5 rings (SSSR count). The third kappa shape index (κ3) is 3.50. The van der Waals surface area contributed by atoms with E-state index in [1.165, 1.54) is 0 Å². The number of hydrogen-bond donors (Lipinski definition) is 0. The van der Waals surface area contributed by atoms with Gasteiger partial charge in [-0.15, -0.1) is 0 Å². The Morgan fingerprint density at radius 1 is 0.818 bits per heavy atom. The van der Waals surface area contributed by atoms with Crippen LogP contribution >= 0.6 is 0 Å². The van der Waals surface area contributed by atoms with E-state index >= 15 is 0 Å². The van der Waals surface area contributed by atoms with E-state index in [-0.39, 0.29) is 17.0 Å². The minimum absolute atomic E-state index is 0.102. The number of aryl methyl sites for hydroxylation is 1. The van der Waals surface area contributed by atoms with Crippen molar-refractivity contribution in [3.05, 3.63) is 101 Å². The van der Waals surface area contributed by atoms with Gasteiger partial charge in [0.05, 0.1) is 16.8 Å². The fraction of sp³-hybridized carbons (Fsp3) is 0.154. The Hall–Kier alpha value is -3.87. The highest BCUT2D eigenvalue weighted by molar-refractivity contribution is 6.46. The van der Waals surface area contributed by atoms with Crippen LogP contribution in [0.5, 0.6) is 0 Å². The van der Waals surface area contributed by atoms with E-state index in [2.05, 4.69) is 0 Å². The zero-order chi connectivity index (χ0) is 23.3. The van der Waals surface area contributed by atoms with E-state index in [1.54, 1.807) is 12.1 Å². The van der Waals surface area contributed by atoms with E-state index in [0.29, 0.717) is 12.1 Å². The number of hydrogen-bond acceptors (Lipinski definition) is 3. The first-order valence-corrected chi connectivity index (χ1v) is 10.5. The molecule has 0 spiro atoms. The quantitative estimate of drug-likeness (QED) is 0.507. The third-order valence-electron chi connectivity index (χ3n) is 6.01. The van der Waals surface area contributed by atoms with Gasteiger partial charge >= 0.3 is 6.18 Å². The molecule has 0 saturated heterocycles. The molecule has 4 nitrogen and oxygen atoms in total. The van der Waals surface area contributed by atoms with Crippen LogP contribution in [-0.4, -0.2) is 18.4 Å². The molecule has 0 aromatic heterocycles. The Balaban J connectivity index is 1.63. The molecule has 3 aromatic carbocycles. The monoisotopic (exact) mass is 448 g/mol. The standard InChI is InChI=1S/C26H19F3N2O2/c1-16-6-8-18(9-7-16)22-23(30-15-14-17-4-2-3-5-21(17)30)25(33)31(24(22)32)20-12-10-19(11-13-20)26(27,28)29/h2-13H,14-15H2,1H3. The van der Waals surface area contributed by atoms with Crippen molar-refractivity contribution in [1.29, 1.82) is 0 Å². The number of carbonyl (C=O) groups is 2.